The average Bonchev–Trinajstić information content (AvgIpc) is 3.17. The Labute approximate surface area is 177 Å². The lowest BCUT2D eigenvalue weighted by Gasteiger charge is -2.29. The van der Waals surface area contributed by atoms with Gasteiger partial charge in [-0.2, -0.15) is 0 Å². The summed E-state index contributed by atoms with van der Waals surface area (Å²) in [5.74, 6) is 1.71. The summed E-state index contributed by atoms with van der Waals surface area (Å²) in [6.07, 6.45) is 4.09. The smallest absolute Gasteiger partial charge is 0.410 e. The van der Waals surface area contributed by atoms with Crippen LogP contribution in [0.3, 0.4) is 0 Å². The van der Waals surface area contributed by atoms with Gasteiger partial charge in [0.1, 0.15) is 17.1 Å². The van der Waals surface area contributed by atoms with E-state index in [9.17, 15) is 9.59 Å². The first kappa shape index (κ1) is 21.5. The van der Waals surface area contributed by atoms with Crippen LogP contribution in [0.4, 0.5) is 10.5 Å². The molecular formula is C22H29ClN2O4. The van der Waals surface area contributed by atoms with E-state index in [4.69, 9.17) is 21.1 Å². The number of Topliss-reactive ketones (excluding diaryl/α,β-unsaturated/α-hetero) is 1. The topological polar surface area (TPSA) is 59.1 Å². The van der Waals surface area contributed by atoms with Crippen molar-refractivity contribution in [3.05, 3.63) is 36.1 Å². The van der Waals surface area contributed by atoms with Gasteiger partial charge in [0.25, 0.3) is 0 Å². The fourth-order valence-corrected chi connectivity index (χ4v) is 3.77. The molecule has 1 amide bonds. The van der Waals surface area contributed by atoms with Gasteiger partial charge >= 0.3 is 6.09 Å². The maximum atomic E-state index is 12.1. The fourth-order valence-electron chi connectivity index (χ4n) is 3.59. The van der Waals surface area contributed by atoms with Gasteiger partial charge in [-0.3, -0.25) is 4.79 Å². The number of alkyl halides is 1. The molecule has 29 heavy (non-hydrogen) atoms. The minimum Gasteiger partial charge on any atom is -0.462 e. The van der Waals surface area contributed by atoms with Gasteiger partial charge in [-0.25, -0.2) is 4.79 Å². The Kier molecular flexibility index (Phi) is 6.73. The molecule has 6 nitrogen and oxygen atoms in total. The fraction of sp³-hybridized carbons (Fsp3) is 0.545. The van der Waals surface area contributed by atoms with E-state index in [1.807, 2.05) is 51.1 Å². The lowest BCUT2D eigenvalue weighted by molar-refractivity contribution is -0.117. The Bertz CT molecular complexity index is 770. The normalized spacial score (nSPS) is 19.7. The van der Waals surface area contributed by atoms with Crippen LogP contribution >= 0.6 is 11.6 Å². The quantitative estimate of drug-likeness (QED) is 0.662. The largest absolute Gasteiger partial charge is 0.462 e. The van der Waals surface area contributed by atoms with Crippen molar-refractivity contribution >= 4 is 29.2 Å². The second-order valence-corrected chi connectivity index (χ2v) is 8.66. The van der Waals surface area contributed by atoms with Crippen LogP contribution in [0.25, 0.3) is 0 Å². The first-order chi connectivity index (χ1) is 13.8. The van der Waals surface area contributed by atoms with Gasteiger partial charge in [0.2, 0.25) is 0 Å². The Morgan fingerprint density at radius 2 is 1.90 bits per heavy atom. The van der Waals surface area contributed by atoms with E-state index in [2.05, 4.69) is 4.90 Å². The van der Waals surface area contributed by atoms with Crippen molar-refractivity contribution in [2.75, 3.05) is 30.4 Å². The summed E-state index contributed by atoms with van der Waals surface area (Å²) in [7, 11) is 0. The van der Waals surface area contributed by atoms with Crippen LogP contribution in [0.5, 0.6) is 5.75 Å². The van der Waals surface area contributed by atoms with Gasteiger partial charge < -0.3 is 19.3 Å². The summed E-state index contributed by atoms with van der Waals surface area (Å²) < 4.78 is 11.4. The third-order valence-corrected chi connectivity index (χ3v) is 5.26. The number of amides is 1. The molecule has 7 heteroatoms. The van der Waals surface area contributed by atoms with E-state index >= 15 is 0 Å². The number of ether oxygens (including phenoxy) is 2. The number of hydrogen-bond donors (Lipinski definition) is 0. The molecule has 2 aliphatic heterocycles. The number of rotatable bonds is 5. The third-order valence-electron chi connectivity index (χ3n) is 4.99. The zero-order valence-electron chi connectivity index (χ0n) is 17.3. The molecule has 1 aromatic carbocycles. The molecule has 0 aliphatic carbocycles. The first-order valence-electron chi connectivity index (χ1n) is 10.1. The number of ketones is 1. The zero-order valence-corrected chi connectivity index (χ0v) is 18.1. The molecule has 2 heterocycles. The molecule has 1 atom stereocenters. The van der Waals surface area contributed by atoms with E-state index in [1.54, 1.807) is 4.90 Å². The molecule has 0 N–H and O–H groups in total. The molecular weight excluding hydrogens is 392 g/mol. The Morgan fingerprint density at radius 3 is 2.48 bits per heavy atom. The highest BCUT2D eigenvalue weighted by Crippen LogP contribution is 2.29. The monoisotopic (exact) mass is 420 g/mol. The average molecular weight is 421 g/mol. The van der Waals surface area contributed by atoms with Crippen LogP contribution in [0.1, 0.15) is 40.0 Å². The summed E-state index contributed by atoms with van der Waals surface area (Å²) in [5.41, 5.74) is 0.509. The first-order valence-corrected chi connectivity index (χ1v) is 10.6. The molecule has 2 aliphatic rings. The summed E-state index contributed by atoms with van der Waals surface area (Å²) in [6.45, 7) is 7.47. The summed E-state index contributed by atoms with van der Waals surface area (Å²) in [6, 6.07) is 7.66. The minimum absolute atomic E-state index is 0.0524. The van der Waals surface area contributed by atoms with Crippen LogP contribution in [0.15, 0.2) is 36.1 Å². The van der Waals surface area contributed by atoms with Crippen LogP contribution in [0, 0.1) is 0 Å². The molecule has 0 bridgehead atoms. The Balaban J connectivity index is 1.57. The number of halogens is 1. The predicted octanol–water partition coefficient (Wildman–Crippen LogP) is 4.37. The highest BCUT2D eigenvalue weighted by atomic mass is 35.5. The van der Waals surface area contributed by atoms with Crippen LogP contribution < -0.4 is 9.64 Å². The van der Waals surface area contributed by atoms with Crippen molar-refractivity contribution in [3.8, 4) is 5.75 Å². The SMILES string of the molecule is CC(C)(C)OC(=O)N1CC=C(Oc2ccc(N3CCC[C@@H]3C(=O)CCl)cc2)CC1. The number of carbonyl (C=O) groups excluding carboxylic acids is 2. The van der Waals surface area contributed by atoms with E-state index in [0.29, 0.717) is 19.5 Å². The number of carbonyl (C=O) groups is 2. The number of hydrogen-bond acceptors (Lipinski definition) is 5. The highest BCUT2D eigenvalue weighted by molar-refractivity contribution is 6.28. The van der Waals surface area contributed by atoms with Gasteiger partial charge in [0.15, 0.2) is 5.78 Å². The van der Waals surface area contributed by atoms with Gasteiger partial charge in [-0.15, -0.1) is 11.6 Å². The molecule has 0 radical (unpaired) electrons. The second kappa shape index (κ2) is 9.08. The molecule has 0 saturated carbocycles. The van der Waals surface area contributed by atoms with Crippen LogP contribution in [0.2, 0.25) is 0 Å². The van der Waals surface area contributed by atoms with Crippen molar-refractivity contribution in [2.24, 2.45) is 0 Å². The number of nitrogens with zero attached hydrogens (tertiary/aromatic N) is 2. The number of benzene rings is 1. The van der Waals surface area contributed by atoms with E-state index in [0.717, 1.165) is 36.6 Å². The molecule has 0 spiro atoms. The van der Waals surface area contributed by atoms with E-state index in [-0.39, 0.29) is 23.8 Å². The molecule has 1 saturated heterocycles. The molecule has 1 fully saturated rings. The van der Waals surface area contributed by atoms with Gasteiger partial charge in [0.05, 0.1) is 11.9 Å². The maximum absolute atomic E-state index is 12.1. The van der Waals surface area contributed by atoms with Crippen molar-refractivity contribution in [3.63, 3.8) is 0 Å². The van der Waals surface area contributed by atoms with E-state index in [1.165, 1.54) is 0 Å². The van der Waals surface area contributed by atoms with E-state index < -0.39 is 5.60 Å². The highest BCUT2D eigenvalue weighted by Gasteiger charge is 2.30. The number of anilines is 1. The van der Waals surface area contributed by atoms with Crippen molar-refractivity contribution in [1.29, 1.82) is 0 Å². The minimum atomic E-state index is -0.498. The Morgan fingerprint density at radius 1 is 1.17 bits per heavy atom. The summed E-state index contributed by atoms with van der Waals surface area (Å²) in [4.78, 5) is 28.0. The standard InChI is InChI=1S/C22H29ClN2O4/c1-22(2,3)29-21(27)24-13-10-18(11-14-24)28-17-8-6-16(7-9-17)25-12-4-5-19(25)20(26)15-23/h6-10,19H,4-5,11-15H2,1-3H3/t19-/m1/s1. The van der Waals surface area contributed by atoms with Gasteiger partial charge in [-0.1, -0.05) is 0 Å². The molecule has 158 valence electrons. The van der Waals surface area contributed by atoms with Crippen LogP contribution in [-0.4, -0.2) is 53.9 Å². The van der Waals surface area contributed by atoms with Crippen LogP contribution in [-0.2, 0) is 9.53 Å². The zero-order chi connectivity index (χ0) is 21.0. The molecule has 0 aromatic heterocycles. The van der Waals surface area contributed by atoms with Gasteiger partial charge in [0, 0.05) is 31.7 Å². The Hall–Kier alpha value is -2.21. The third kappa shape index (κ3) is 5.66. The van der Waals surface area contributed by atoms with Crippen molar-refractivity contribution in [1.82, 2.24) is 4.90 Å². The van der Waals surface area contributed by atoms with Gasteiger partial charge in [-0.05, 0) is 64.0 Å². The lowest BCUT2D eigenvalue weighted by Crippen LogP contribution is -2.39. The molecule has 3 rings (SSSR count). The summed E-state index contributed by atoms with van der Waals surface area (Å²) in [5, 5.41) is 0. The van der Waals surface area contributed by atoms with Crippen molar-refractivity contribution in [2.45, 2.75) is 51.7 Å². The van der Waals surface area contributed by atoms with Crippen molar-refractivity contribution < 1.29 is 19.1 Å². The molecule has 1 aromatic rings. The maximum Gasteiger partial charge on any atom is 0.410 e. The predicted molar refractivity (Wildman–Crippen MR) is 114 cm³/mol. The summed E-state index contributed by atoms with van der Waals surface area (Å²) >= 11 is 5.74. The lowest BCUT2D eigenvalue weighted by atomic mass is 10.1. The second-order valence-electron chi connectivity index (χ2n) is 8.39. The molecule has 0 unspecified atom stereocenters.